The van der Waals surface area contributed by atoms with E-state index in [0.717, 1.165) is 53.0 Å². The minimum atomic E-state index is -4.54. The van der Waals surface area contributed by atoms with Crippen molar-refractivity contribution in [1.82, 2.24) is 4.48 Å². The summed E-state index contributed by atoms with van der Waals surface area (Å²) < 4.78 is 110. The second-order valence-electron chi connectivity index (χ2n) is 17.4. The lowest BCUT2D eigenvalue weighted by Crippen LogP contribution is -2.55. The maximum atomic E-state index is 13.0. The predicted molar refractivity (Wildman–Crippen MR) is 222 cm³/mol. The molecule has 0 aromatic heterocycles. The standard InChI is InChI=1S/C40H50N2O12S4/c1-38(2)25-27(11-9-12-36-40(5,6)32-24-30(57(47,48)49)15-17-34(32)42(36)19-10-13-37(42)58(50,51)52)21-28(26-38)22-35-39(3,4)31-23-29(55-54-53-43)14-16-33(31)41(35)18-7-8-20-56(44,45)46/h9,11-12,14-17,21-24,37H,7-8,10,13,18-20,25-26H2,1-6H3,(H2-2,43,44,45,46,47,48,49,50,51,52)/p+2/b11-9?,28-22-,36-12?. The lowest BCUT2D eigenvalue weighted by Gasteiger charge is -2.37. The van der Waals surface area contributed by atoms with Crippen LogP contribution in [-0.2, 0) is 50.6 Å². The second-order valence-corrected chi connectivity index (χ2v) is 22.8. The molecule has 0 saturated carbocycles. The van der Waals surface area contributed by atoms with Crippen LogP contribution in [0.2, 0.25) is 0 Å². The molecule has 18 heteroatoms. The van der Waals surface area contributed by atoms with Gasteiger partial charge in [-0.3, -0.25) is 13.7 Å². The minimum Gasteiger partial charge on any atom is -0.286 e. The van der Waals surface area contributed by atoms with Gasteiger partial charge in [-0.2, -0.15) is 29.8 Å². The molecule has 2 atom stereocenters. The highest BCUT2D eigenvalue weighted by atomic mass is 32.2. The van der Waals surface area contributed by atoms with Gasteiger partial charge >= 0.3 is 10.1 Å². The van der Waals surface area contributed by atoms with E-state index in [-0.39, 0.29) is 33.4 Å². The summed E-state index contributed by atoms with van der Waals surface area (Å²) in [5.74, 6) is -0.338. The van der Waals surface area contributed by atoms with Crippen molar-refractivity contribution in [2.75, 3.05) is 18.8 Å². The molecule has 1 fully saturated rings. The molecule has 58 heavy (non-hydrogen) atoms. The summed E-state index contributed by atoms with van der Waals surface area (Å²) in [7, 11) is -13.2. The number of quaternary nitrogens is 1. The molecule has 3 heterocycles. The zero-order chi connectivity index (χ0) is 42.7. The van der Waals surface area contributed by atoms with E-state index in [1.807, 2.05) is 50.3 Å². The van der Waals surface area contributed by atoms with Crippen LogP contribution in [0.1, 0.15) is 91.2 Å². The number of hydrogen-bond donors (Lipinski definition) is 4. The number of benzene rings is 2. The molecule has 2 aromatic rings. The average molecular weight is 881 g/mol. The molecule has 4 aliphatic rings. The van der Waals surface area contributed by atoms with E-state index in [0.29, 0.717) is 47.8 Å². The number of fused-ring (bicyclic) bond motifs is 3. The van der Waals surface area contributed by atoms with Crippen molar-refractivity contribution < 1.29 is 58.1 Å². The molecule has 6 rings (SSSR count). The maximum absolute atomic E-state index is 13.0. The van der Waals surface area contributed by atoms with Crippen molar-refractivity contribution in [3.63, 3.8) is 0 Å². The Hall–Kier alpha value is -3.01. The number of allylic oxidation sites excluding steroid dienone is 8. The fraction of sp³-hybridized carbons (Fsp3) is 0.475. The third-order valence-corrected chi connectivity index (χ3v) is 15.4. The number of nitrogens with zero attached hydrogens (tertiary/aromatic N) is 2. The number of unbranched alkanes of at least 4 members (excludes halogenated alkanes) is 1. The second kappa shape index (κ2) is 15.8. The summed E-state index contributed by atoms with van der Waals surface area (Å²) in [6.45, 7) is 13.2. The van der Waals surface area contributed by atoms with E-state index in [4.69, 9.17) is 9.59 Å². The zero-order valence-electron chi connectivity index (χ0n) is 33.4. The van der Waals surface area contributed by atoms with Crippen molar-refractivity contribution in [1.29, 1.82) is 0 Å². The first-order valence-electron chi connectivity index (χ1n) is 19.0. The van der Waals surface area contributed by atoms with Crippen LogP contribution in [0, 0.1) is 5.41 Å². The van der Waals surface area contributed by atoms with E-state index in [9.17, 15) is 38.9 Å². The van der Waals surface area contributed by atoms with Gasteiger partial charge < -0.3 is 0 Å². The maximum Gasteiger partial charge on any atom is 0.320 e. The molecule has 1 aliphatic carbocycles. The summed E-state index contributed by atoms with van der Waals surface area (Å²) in [4.78, 5) is 0.410. The minimum absolute atomic E-state index is 0.150. The molecule has 2 aromatic carbocycles. The highest BCUT2D eigenvalue weighted by Crippen LogP contribution is 2.57. The van der Waals surface area contributed by atoms with Gasteiger partial charge in [-0.25, -0.2) is 9.74 Å². The van der Waals surface area contributed by atoms with Gasteiger partial charge in [0.2, 0.25) is 11.1 Å². The Balaban J connectivity index is 1.42. The Morgan fingerprint density at radius 1 is 0.914 bits per heavy atom. The van der Waals surface area contributed by atoms with Gasteiger partial charge in [0, 0.05) is 53.5 Å². The van der Waals surface area contributed by atoms with Crippen LogP contribution in [0.4, 0.5) is 11.4 Å². The lowest BCUT2D eigenvalue weighted by molar-refractivity contribution is -0.438. The summed E-state index contributed by atoms with van der Waals surface area (Å²) >= 11 is 0.862. The van der Waals surface area contributed by atoms with E-state index in [1.54, 1.807) is 6.07 Å². The van der Waals surface area contributed by atoms with Crippen molar-refractivity contribution in [3.05, 3.63) is 94.7 Å². The van der Waals surface area contributed by atoms with E-state index < -0.39 is 46.6 Å². The summed E-state index contributed by atoms with van der Waals surface area (Å²) in [6.07, 6.45) is 13.1. The quantitative estimate of drug-likeness (QED) is 0.0289. The van der Waals surface area contributed by atoms with Crippen LogP contribution in [0.3, 0.4) is 0 Å². The Bertz CT molecular complexity index is 2500. The SMILES string of the molecule is CC1(C)CC(C=CC=C2C(C)(C)c3cc(S(=O)(=O)O)ccc3[N+]23CCCC3S(=O)(=O)O)=C/C(=C/C2=[N+](CCCCS(=O)(=O)O)c3ccc(SOOO)cc3C2(C)C)C1. The van der Waals surface area contributed by atoms with Crippen LogP contribution in [0.25, 0.3) is 0 Å². The van der Waals surface area contributed by atoms with Crippen LogP contribution in [-0.4, -0.2) is 78.7 Å². The third kappa shape index (κ3) is 8.74. The topological polar surface area (TPSA) is 205 Å². The summed E-state index contributed by atoms with van der Waals surface area (Å²) in [5, 5.41) is 11.3. The monoisotopic (exact) mass is 880 g/mol. The van der Waals surface area contributed by atoms with Crippen LogP contribution >= 0.6 is 12.0 Å². The molecule has 1 saturated heterocycles. The van der Waals surface area contributed by atoms with E-state index in [1.165, 1.54) is 12.1 Å². The molecule has 3 aliphatic heterocycles. The van der Waals surface area contributed by atoms with Gasteiger partial charge in [-0.05, 0) is 93.9 Å². The normalized spacial score (nSPS) is 25.3. The fourth-order valence-electron chi connectivity index (χ4n) is 9.60. The molecule has 2 unspecified atom stereocenters. The molecule has 0 bridgehead atoms. The highest BCUT2D eigenvalue weighted by molar-refractivity contribution is 7.94. The largest absolute Gasteiger partial charge is 0.320 e. The van der Waals surface area contributed by atoms with Gasteiger partial charge in [-0.1, -0.05) is 37.1 Å². The van der Waals surface area contributed by atoms with Gasteiger partial charge in [0.25, 0.3) is 20.2 Å². The molecule has 0 amide bonds. The molecule has 1 spiro atoms. The Kier molecular flexibility index (Phi) is 12.1. The third-order valence-electron chi connectivity index (χ3n) is 11.9. The smallest absolute Gasteiger partial charge is 0.286 e. The zero-order valence-corrected chi connectivity index (χ0v) is 36.6. The summed E-state index contributed by atoms with van der Waals surface area (Å²) in [6, 6.07) is 9.97. The Labute approximate surface area is 345 Å². The highest BCUT2D eigenvalue weighted by Gasteiger charge is 2.63. The predicted octanol–water partition coefficient (Wildman–Crippen LogP) is 7.83. The molecule has 14 nitrogen and oxygen atoms in total. The number of rotatable bonds is 13. The number of hydrogen-bond acceptors (Lipinski definition) is 10. The first-order chi connectivity index (χ1) is 26.8. The van der Waals surface area contributed by atoms with E-state index >= 15 is 0 Å². The van der Waals surface area contributed by atoms with Crippen molar-refractivity contribution in [2.45, 2.75) is 106 Å². The molecule has 0 radical (unpaired) electrons. The fourth-order valence-corrected chi connectivity index (χ4v) is 12.3. The van der Waals surface area contributed by atoms with Gasteiger partial charge in [0.05, 0.1) is 40.1 Å². The Morgan fingerprint density at radius 3 is 2.29 bits per heavy atom. The molecule has 4 N–H and O–H groups in total. The average Bonchev–Trinajstić information content (AvgIpc) is 3.69. The van der Waals surface area contributed by atoms with Crippen LogP contribution < -0.4 is 4.48 Å². The van der Waals surface area contributed by atoms with Crippen molar-refractivity contribution in [3.8, 4) is 0 Å². The van der Waals surface area contributed by atoms with Gasteiger partial charge in [0.15, 0.2) is 5.71 Å². The lowest BCUT2D eigenvalue weighted by atomic mass is 9.73. The Morgan fingerprint density at radius 2 is 1.64 bits per heavy atom. The first kappa shape index (κ1) is 44.5. The molecule has 316 valence electrons. The van der Waals surface area contributed by atoms with Crippen molar-refractivity contribution in [2.24, 2.45) is 5.41 Å². The van der Waals surface area contributed by atoms with Crippen LogP contribution in [0.5, 0.6) is 0 Å². The molecular formula is C40H52N2O12S4+2. The van der Waals surface area contributed by atoms with E-state index in [2.05, 4.69) is 49.5 Å². The van der Waals surface area contributed by atoms with Gasteiger partial charge in [0.1, 0.15) is 17.9 Å². The van der Waals surface area contributed by atoms with Gasteiger partial charge in [-0.15, -0.1) is 4.33 Å². The summed E-state index contributed by atoms with van der Waals surface area (Å²) in [5.41, 5.74) is 5.29. The molecular weight excluding hydrogens is 829 g/mol. The van der Waals surface area contributed by atoms with Crippen molar-refractivity contribution >= 4 is 59.5 Å². The first-order valence-corrected chi connectivity index (χ1v) is 24.3. The van der Waals surface area contributed by atoms with Crippen LogP contribution in [0.15, 0.2) is 93.4 Å².